The number of alkyl halides is 3. The van der Waals surface area contributed by atoms with Crippen LogP contribution >= 0.6 is 11.6 Å². The average molecular weight is 539 g/mol. The predicted molar refractivity (Wildman–Crippen MR) is 133 cm³/mol. The number of carbonyl (C=O) groups excluding carboxylic acids is 1. The van der Waals surface area contributed by atoms with E-state index in [9.17, 15) is 18.0 Å². The molecule has 200 valence electrons. The molecule has 11 heteroatoms. The predicted octanol–water partition coefficient (Wildman–Crippen LogP) is 6.19. The molecule has 0 saturated carbocycles. The van der Waals surface area contributed by atoms with Gasteiger partial charge in [-0.15, -0.1) is 0 Å². The summed E-state index contributed by atoms with van der Waals surface area (Å²) in [6.45, 7) is 7.96. The SMILES string of the molecule is CC(C)(C)OC(=O)N1CCC(N2CC(c3cc4c(c(C(F)(F)F)c3)OCc3c(Cl)ccnc3N4)C2)CC1. The van der Waals surface area contributed by atoms with Crippen LogP contribution in [0, 0.1) is 0 Å². The van der Waals surface area contributed by atoms with Gasteiger partial charge in [-0.2, -0.15) is 13.2 Å². The van der Waals surface area contributed by atoms with Gasteiger partial charge in [0.15, 0.2) is 5.75 Å². The van der Waals surface area contributed by atoms with Crippen molar-refractivity contribution < 1.29 is 27.4 Å². The van der Waals surface area contributed by atoms with E-state index in [0.717, 1.165) is 12.8 Å². The van der Waals surface area contributed by atoms with Gasteiger partial charge >= 0.3 is 12.3 Å². The third-order valence-corrected chi connectivity index (χ3v) is 7.40. The van der Waals surface area contributed by atoms with Crippen molar-refractivity contribution in [2.24, 2.45) is 0 Å². The summed E-state index contributed by atoms with van der Waals surface area (Å²) in [4.78, 5) is 20.6. The molecule has 37 heavy (non-hydrogen) atoms. The maximum absolute atomic E-state index is 14.1. The van der Waals surface area contributed by atoms with Crippen molar-refractivity contribution in [2.75, 3.05) is 31.5 Å². The molecule has 1 aromatic carbocycles. The van der Waals surface area contributed by atoms with E-state index in [1.165, 1.54) is 12.3 Å². The summed E-state index contributed by atoms with van der Waals surface area (Å²) in [6, 6.07) is 4.81. The Morgan fingerprint density at radius 1 is 1.19 bits per heavy atom. The Balaban J connectivity index is 1.28. The van der Waals surface area contributed by atoms with Gasteiger partial charge in [-0.1, -0.05) is 11.6 Å². The van der Waals surface area contributed by atoms with E-state index in [0.29, 0.717) is 48.1 Å². The van der Waals surface area contributed by atoms with Gasteiger partial charge in [0.05, 0.1) is 21.8 Å². The minimum atomic E-state index is -4.58. The normalized spacial score (nSPS) is 19.2. The molecule has 4 heterocycles. The smallest absolute Gasteiger partial charge is 0.420 e. The van der Waals surface area contributed by atoms with Crippen molar-refractivity contribution in [3.05, 3.63) is 46.1 Å². The highest BCUT2D eigenvalue weighted by Crippen LogP contribution is 2.47. The Labute approximate surface area is 218 Å². The summed E-state index contributed by atoms with van der Waals surface area (Å²) in [5, 5.41) is 3.40. The number of rotatable bonds is 2. The molecule has 1 amide bonds. The van der Waals surface area contributed by atoms with Crippen molar-refractivity contribution in [2.45, 2.75) is 64.0 Å². The third-order valence-electron chi connectivity index (χ3n) is 7.04. The van der Waals surface area contributed by atoms with Gasteiger partial charge in [0.25, 0.3) is 0 Å². The number of pyridine rings is 1. The van der Waals surface area contributed by atoms with E-state index < -0.39 is 17.3 Å². The molecule has 0 atom stereocenters. The number of nitrogens with one attached hydrogen (secondary N) is 1. The van der Waals surface area contributed by atoms with E-state index in [1.807, 2.05) is 20.8 Å². The average Bonchev–Trinajstić information content (AvgIpc) is 2.96. The first kappa shape index (κ1) is 25.9. The fraction of sp³-hybridized carbons (Fsp3) is 0.538. The van der Waals surface area contributed by atoms with Gasteiger partial charge in [-0.25, -0.2) is 9.78 Å². The van der Waals surface area contributed by atoms with Crippen LogP contribution in [0.3, 0.4) is 0 Å². The number of halogens is 4. The topological polar surface area (TPSA) is 66.9 Å². The number of piperidine rings is 1. The first-order valence-electron chi connectivity index (χ1n) is 12.4. The van der Waals surface area contributed by atoms with Crippen LogP contribution in [-0.4, -0.2) is 58.7 Å². The minimum Gasteiger partial charge on any atom is -0.486 e. The zero-order valence-electron chi connectivity index (χ0n) is 21.0. The van der Waals surface area contributed by atoms with E-state index in [2.05, 4.69) is 15.2 Å². The number of fused-ring (bicyclic) bond motifs is 2. The first-order valence-corrected chi connectivity index (χ1v) is 12.8. The van der Waals surface area contributed by atoms with Crippen molar-refractivity contribution in [3.63, 3.8) is 0 Å². The van der Waals surface area contributed by atoms with Gasteiger partial charge in [-0.05, 0) is 57.4 Å². The summed E-state index contributed by atoms with van der Waals surface area (Å²) in [5.41, 5.74) is 0.0206. The second-order valence-corrected chi connectivity index (χ2v) is 11.2. The number of aromatic nitrogens is 1. The van der Waals surface area contributed by atoms with Crippen molar-refractivity contribution in [1.29, 1.82) is 0 Å². The molecule has 0 aliphatic carbocycles. The monoisotopic (exact) mass is 538 g/mol. The van der Waals surface area contributed by atoms with Crippen LogP contribution in [0.25, 0.3) is 0 Å². The number of benzene rings is 1. The Hall–Kier alpha value is -2.72. The number of nitrogens with zero attached hydrogens (tertiary/aromatic N) is 3. The molecule has 7 nitrogen and oxygen atoms in total. The molecule has 0 unspecified atom stereocenters. The molecule has 1 aromatic heterocycles. The third kappa shape index (κ3) is 5.45. The van der Waals surface area contributed by atoms with Gasteiger partial charge < -0.3 is 19.7 Å². The minimum absolute atomic E-state index is 0.0351. The number of hydrogen-bond donors (Lipinski definition) is 1. The highest BCUT2D eigenvalue weighted by atomic mass is 35.5. The highest BCUT2D eigenvalue weighted by Gasteiger charge is 2.41. The number of amides is 1. The van der Waals surface area contributed by atoms with Crippen molar-refractivity contribution in [1.82, 2.24) is 14.8 Å². The Bertz CT molecular complexity index is 1190. The summed E-state index contributed by atoms with van der Waals surface area (Å²) in [7, 11) is 0. The van der Waals surface area contributed by atoms with Crippen LogP contribution in [0.2, 0.25) is 5.02 Å². The van der Waals surface area contributed by atoms with E-state index in [1.54, 1.807) is 17.0 Å². The molecule has 1 N–H and O–H groups in total. The number of carbonyl (C=O) groups is 1. The Morgan fingerprint density at radius 2 is 1.89 bits per heavy atom. The van der Waals surface area contributed by atoms with Crippen LogP contribution in [0.15, 0.2) is 24.4 Å². The van der Waals surface area contributed by atoms with Gasteiger partial charge in [0.1, 0.15) is 18.0 Å². The summed E-state index contributed by atoms with van der Waals surface area (Å²) in [6.07, 6.45) is -1.76. The number of likely N-dealkylation sites (tertiary alicyclic amines) is 2. The molecular formula is C26H30ClF3N4O3. The summed E-state index contributed by atoms with van der Waals surface area (Å²) >= 11 is 6.23. The van der Waals surface area contributed by atoms with Gasteiger partial charge in [-0.3, -0.25) is 4.90 Å². The number of ether oxygens (including phenoxy) is 2. The van der Waals surface area contributed by atoms with Crippen LogP contribution in [0.4, 0.5) is 29.5 Å². The second kappa shape index (κ2) is 9.54. The van der Waals surface area contributed by atoms with Gasteiger partial charge in [0.2, 0.25) is 0 Å². The largest absolute Gasteiger partial charge is 0.486 e. The molecule has 5 rings (SSSR count). The maximum Gasteiger partial charge on any atom is 0.420 e. The molecule has 2 fully saturated rings. The lowest BCUT2D eigenvalue weighted by atomic mass is 9.86. The molecule has 0 bridgehead atoms. The molecule has 2 aromatic rings. The molecule has 3 aliphatic rings. The standard InChI is InChI=1S/C26H30ClF3N4O3/c1-25(2,3)37-24(35)33-8-5-17(6-9-33)34-12-16(13-34)15-10-19(26(28,29)30)22-21(11-15)32-23-18(14-36-22)20(27)4-7-31-23/h4,7,10-11,16-17H,5-6,8-9,12-14H2,1-3H3,(H,31,32). The second-order valence-electron chi connectivity index (χ2n) is 10.8. The zero-order chi connectivity index (χ0) is 26.5. The van der Waals surface area contributed by atoms with E-state index >= 15 is 0 Å². The van der Waals surface area contributed by atoms with Crippen LogP contribution in [-0.2, 0) is 17.5 Å². The maximum atomic E-state index is 14.1. The molecule has 2 saturated heterocycles. The first-order chi connectivity index (χ1) is 17.4. The molecular weight excluding hydrogens is 509 g/mol. The Morgan fingerprint density at radius 3 is 2.54 bits per heavy atom. The lowest BCUT2D eigenvalue weighted by Gasteiger charge is -2.47. The molecule has 0 radical (unpaired) electrons. The summed E-state index contributed by atoms with van der Waals surface area (Å²) < 4.78 is 53.2. The number of anilines is 2. The van der Waals surface area contributed by atoms with Gasteiger partial charge in [0, 0.05) is 44.3 Å². The fourth-order valence-corrected chi connectivity index (χ4v) is 5.29. The lowest BCUT2D eigenvalue weighted by Crippen LogP contribution is -2.55. The number of hydrogen-bond acceptors (Lipinski definition) is 6. The van der Waals surface area contributed by atoms with E-state index in [4.69, 9.17) is 21.1 Å². The van der Waals surface area contributed by atoms with E-state index in [-0.39, 0.29) is 36.1 Å². The zero-order valence-corrected chi connectivity index (χ0v) is 21.7. The quantitative estimate of drug-likeness (QED) is 0.492. The van der Waals surface area contributed by atoms with Crippen LogP contribution < -0.4 is 10.1 Å². The fourth-order valence-electron chi connectivity index (χ4n) is 5.09. The molecule has 0 spiro atoms. The Kier molecular flexibility index (Phi) is 6.68. The van der Waals surface area contributed by atoms with Crippen molar-refractivity contribution >= 4 is 29.2 Å². The molecule has 3 aliphatic heterocycles. The summed E-state index contributed by atoms with van der Waals surface area (Å²) in [5.74, 6) is 0.117. The van der Waals surface area contributed by atoms with Crippen LogP contribution in [0.1, 0.15) is 56.2 Å². The van der Waals surface area contributed by atoms with Crippen molar-refractivity contribution in [3.8, 4) is 5.75 Å². The highest BCUT2D eigenvalue weighted by molar-refractivity contribution is 6.31. The lowest BCUT2D eigenvalue weighted by molar-refractivity contribution is -0.139. The van der Waals surface area contributed by atoms with Crippen LogP contribution in [0.5, 0.6) is 5.75 Å².